The van der Waals surface area contributed by atoms with Gasteiger partial charge in [0.05, 0.1) is 23.2 Å². The summed E-state index contributed by atoms with van der Waals surface area (Å²) in [6.07, 6.45) is 2.44. The van der Waals surface area contributed by atoms with Crippen LogP contribution >= 0.6 is 11.6 Å². The molecule has 1 amide bonds. The first kappa shape index (κ1) is 17.9. The molecule has 5 nitrogen and oxygen atoms in total. The number of amides is 1. The zero-order valence-corrected chi connectivity index (χ0v) is 14.3. The number of carbonyl (C=O) groups is 1. The summed E-state index contributed by atoms with van der Waals surface area (Å²) < 4.78 is 0. The van der Waals surface area contributed by atoms with E-state index in [1.807, 2.05) is 12.1 Å². The van der Waals surface area contributed by atoms with Crippen molar-refractivity contribution in [1.29, 1.82) is 5.26 Å². The van der Waals surface area contributed by atoms with Gasteiger partial charge in [0.25, 0.3) is 0 Å². The lowest BCUT2D eigenvalue weighted by Crippen LogP contribution is -2.33. The van der Waals surface area contributed by atoms with Crippen LogP contribution in [0.3, 0.4) is 0 Å². The predicted octanol–water partition coefficient (Wildman–Crippen LogP) is 3.46. The van der Waals surface area contributed by atoms with E-state index in [-0.39, 0.29) is 12.5 Å². The Morgan fingerprint density at radius 1 is 1.29 bits per heavy atom. The number of halogens is 1. The van der Waals surface area contributed by atoms with Gasteiger partial charge in [-0.1, -0.05) is 30.7 Å². The van der Waals surface area contributed by atoms with E-state index in [1.165, 1.54) is 6.20 Å². The lowest BCUT2D eigenvalue weighted by Gasteiger charge is -2.21. The number of benzene rings is 1. The SMILES string of the molecule is CCCN(CC(=O)Nc1ccc(Cl)cn1)Cc1ccc(C#N)cc1. The quantitative estimate of drug-likeness (QED) is 0.836. The predicted molar refractivity (Wildman–Crippen MR) is 94.6 cm³/mol. The van der Waals surface area contributed by atoms with E-state index < -0.39 is 0 Å². The highest BCUT2D eigenvalue weighted by atomic mass is 35.5. The molecular weight excluding hydrogens is 324 g/mol. The molecule has 6 heteroatoms. The van der Waals surface area contributed by atoms with Gasteiger partial charge in [-0.25, -0.2) is 4.98 Å². The zero-order chi connectivity index (χ0) is 17.4. The van der Waals surface area contributed by atoms with Crippen molar-refractivity contribution in [3.63, 3.8) is 0 Å². The molecule has 0 fully saturated rings. The van der Waals surface area contributed by atoms with Gasteiger partial charge in [0.1, 0.15) is 5.82 Å². The molecule has 1 N–H and O–H groups in total. The highest BCUT2D eigenvalue weighted by molar-refractivity contribution is 6.30. The maximum atomic E-state index is 12.2. The first-order chi connectivity index (χ1) is 11.6. The molecule has 1 aromatic carbocycles. The Balaban J connectivity index is 1.95. The summed E-state index contributed by atoms with van der Waals surface area (Å²) in [6, 6.07) is 12.9. The van der Waals surface area contributed by atoms with Gasteiger partial charge in [-0.05, 0) is 42.8 Å². The number of pyridine rings is 1. The van der Waals surface area contributed by atoms with Gasteiger partial charge < -0.3 is 5.32 Å². The molecule has 0 saturated heterocycles. The number of nitrogens with zero attached hydrogens (tertiary/aromatic N) is 3. The summed E-state index contributed by atoms with van der Waals surface area (Å²) in [6.45, 7) is 3.81. The summed E-state index contributed by atoms with van der Waals surface area (Å²) in [5, 5.41) is 12.1. The van der Waals surface area contributed by atoms with Crippen LogP contribution in [-0.2, 0) is 11.3 Å². The maximum absolute atomic E-state index is 12.2. The number of hydrogen-bond acceptors (Lipinski definition) is 4. The fourth-order valence-corrected chi connectivity index (χ4v) is 2.42. The summed E-state index contributed by atoms with van der Waals surface area (Å²) >= 11 is 5.78. The van der Waals surface area contributed by atoms with Gasteiger partial charge in [-0.3, -0.25) is 9.69 Å². The molecule has 0 saturated carbocycles. The van der Waals surface area contributed by atoms with E-state index >= 15 is 0 Å². The van der Waals surface area contributed by atoms with Crippen LogP contribution in [0.2, 0.25) is 5.02 Å². The van der Waals surface area contributed by atoms with E-state index in [2.05, 4.69) is 28.2 Å². The van der Waals surface area contributed by atoms with Crippen molar-refractivity contribution < 1.29 is 4.79 Å². The third-order valence-corrected chi connectivity index (χ3v) is 3.61. The highest BCUT2D eigenvalue weighted by Crippen LogP contribution is 2.11. The number of rotatable bonds is 7. The first-order valence-electron chi connectivity index (χ1n) is 7.73. The Bertz CT molecular complexity index is 707. The molecule has 0 aliphatic carbocycles. The van der Waals surface area contributed by atoms with E-state index in [1.54, 1.807) is 24.3 Å². The summed E-state index contributed by atoms with van der Waals surface area (Å²) in [4.78, 5) is 18.3. The van der Waals surface area contributed by atoms with Crippen molar-refractivity contribution >= 4 is 23.3 Å². The zero-order valence-electron chi connectivity index (χ0n) is 13.5. The lowest BCUT2D eigenvalue weighted by atomic mass is 10.1. The van der Waals surface area contributed by atoms with E-state index in [9.17, 15) is 4.79 Å². The molecule has 1 aromatic heterocycles. The van der Waals surface area contributed by atoms with E-state index in [0.29, 0.717) is 22.9 Å². The normalized spacial score (nSPS) is 10.4. The van der Waals surface area contributed by atoms with Gasteiger partial charge >= 0.3 is 0 Å². The van der Waals surface area contributed by atoms with Crippen LogP contribution in [-0.4, -0.2) is 28.9 Å². The molecule has 2 rings (SSSR count). The molecule has 1 heterocycles. The minimum Gasteiger partial charge on any atom is -0.310 e. The second-order valence-corrected chi connectivity index (χ2v) is 5.87. The fraction of sp³-hybridized carbons (Fsp3) is 0.278. The van der Waals surface area contributed by atoms with Crippen LogP contribution < -0.4 is 5.32 Å². The van der Waals surface area contributed by atoms with Crippen LogP contribution in [0.5, 0.6) is 0 Å². The van der Waals surface area contributed by atoms with Crippen molar-refractivity contribution in [3.05, 3.63) is 58.7 Å². The van der Waals surface area contributed by atoms with Gasteiger partial charge in [0, 0.05) is 12.7 Å². The molecule has 2 aromatic rings. The minimum atomic E-state index is -0.119. The summed E-state index contributed by atoms with van der Waals surface area (Å²) in [7, 11) is 0. The maximum Gasteiger partial charge on any atom is 0.239 e. The molecule has 0 aliphatic rings. The van der Waals surface area contributed by atoms with Crippen LogP contribution in [0.25, 0.3) is 0 Å². The molecule has 0 aliphatic heterocycles. The summed E-state index contributed by atoms with van der Waals surface area (Å²) in [5.41, 5.74) is 1.70. The molecular formula is C18H19ClN4O. The Kier molecular flexibility index (Phi) is 6.74. The average Bonchev–Trinajstić information content (AvgIpc) is 2.58. The van der Waals surface area contributed by atoms with Crippen LogP contribution in [0.1, 0.15) is 24.5 Å². The largest absolute Gasteiger partial charge is 0.310 e. The third-order valence-electron chi connectivity index (χ3n) is 3.39. The van der Waals surface area contributed by atoms with Crippen molar-refractivity contribution in [3.8, 4) is 6.07 Å². The van der Waals surface area contributed by atoms with Crippen LogP contribution in [0.4, 0.5) is 5.82 Å². The van der Waals surface area contributed by atoms with Crippen molar-refractivity contribution in [2.24, 2.45) is 0 Å². The van der Waals surface area contributed by atoms with Crippen LogP contribution in [0, 0.1) is 11.3 Å². The second kappa shape index (κ2) is 9.02. The average molecular weight is 343 g/mol. The van der Waals surface area contributed by atoms with E-state index in [4.69, 9.17) is 16.9 Å². The number of carbonyl (C=O) groups excluding carboxylic acids is 1. The molecule has 0 bridgehead atoms. The Labute approximate surface area is 146 Å². The van der Waals surface area contributed by atoms with Gasteiger partial charge in [-0.15, -0.1) is 0 Å². The first-order valence-corrected chi connectivity index (χ1v) is 8.11. The van der Waals surface area contributed by atoms with Crippen molar-refractivity contribution in [2.45, 2.75) is 19.9 Å². The minimum absolute atomic E-state index is 0.119. The molecule has 0 spiro atoms. The molecule has 0 atom stereocenters. The Hall–Kier alpha value is -2.42. The lowest BCUT2D eigenvalue weighted by molar-refractivity contribution is -0.117. The fourth-order valence-electron chi connectivity index (χ4n) is 2.31. The number of aromatic nitrogens is 1. The van der Waals surface area contributed by atoms with Gasteiger partial charge in [0.15, 0.2) is 0 Å². The van der Waals surface area contributed by atoms with Crippen LogP contribution in [0.15, 0.2) is 42.6 Å². The highest BCUT2D eigenvalue weighted by Gasteiger charge is 2.11. The smallest absolute Gasteiger partial charge is 0.239 e. The van der Waals surface area contributed by atoms with Gasteiger partial charge in [-0.2, -0.15) is 5.26 Å². The second-order valence-electron chi connectivity index (χ2n) is 5.43. The number of hydrogen-bond donors (Lipinski definition) is 1. The van der Waals surface area contributed by atoms with E-state index in [0.717, 1.165) is 18.5 Å². The topological polar surface area (TPSA) is 69.0 Å². The third kappa shape index (κ3) is 5.65. The number of nitrogens with one attached hydrogen (secondary N) is 1. The molecule has 124 valence electrons. The van der Waals surface area contributed by atoms with Gasteiger partial charge in [0.2, 0.25) is 5.91 Å². The molecule has 0 unspecified atom stereocenters. The number of anilines is 1. The standard InChI is InChI=1S/C18H19ClN4O/c1-2-9-23(12-15-5-3-14(10-20)4-6-15)13-18(24)22-17-8-7-16(19)11-21-17/h3-8,11H,2,9,12-13H2,1H3,(H,21,22,24). The molecule has 24 heavy (non-hydrogen) atoms. The van der Waals surface area contributed by atoms with Crippen molar-refractivity contribution in [2.75, 3.05) is 18.4 Å². The Morgan fingerprint density at radius 2 is 2.04 bits per heavy atom. The monoisotopic (exact) mass is 342 g/mol. The summed E-state index contributed by atoms with van der Waals surface area (Å²) in [5.74, 6) is 0.367. The Morgan fingerprint density at radius 3 is 2.62 bits per heavy atom. The molecule has 0 radical (unpaired) electrons. The van der Waals surface area contributed by atoms with Crippen molar-refractivity contribution in [1.82, 2.24) is 9.88 Å². The number of nitriles is 1.